The highest BCUT2D eigenvalue weighted by Gasteiger charge is 1.88. The summed E-state index contributed by atoms with van der Waals surface area (Å²) in [6, 6.07) is 0. The fraction of sp³-hybridized carbons (Fsp3) is 1.00. The minimum absolute atomic E-state index is 0.472. The molecule has 0 aliphatic carbocycles. The van der Waals surface area contributed by atoms with Gasteiger partial charge >= 0.3 is 0 Å². The Kier molecular flexibility index (Phi) is 2.94. The third-order valence-electron chi connectivity index (χ3n) is 0.223. The Labute approximate surface area is 38.3 Å². The average molecular weight is 111 g/mol. The van der Waals surface area contributed by atoms with Crippen LogP contribution >= 0.6 is 11.6 Å². The van der Waals surface area contributed by atoms with Crippen LogP contribution in [-0.2, 0) is 0 Å². The van der Waals surface area contributed by atoms with Crippen LogP contribution in [0.1, 0.15) is 0 Å². The smallest absolute Gasteiger partial charge is 0.184 e. The third kappa shape index (κ3) is 4.47. The molecule has 1 nitrogen and oxygen atoms in total. The topological polar surface area (TPSA) is 20.2 Å². The molecule has 0 saturated carbocycles. The summed E-state index contributed by atoms with van der Waals surface area (Å²) < 4.78 is 0. The molecular formula is C2H7ClOSi. The second kappa shape index (κ2) is 2.69. The maximum absolute atomic E-state index is 8.37. The molecule has 0 radical (unpaired) electrons. The second-order valence-corrected chi connectivity index (χ2v) is 3.94. The van der Waals surface area contributed by atoms with Gasteiger partial charge in [-0.3, -0.25) is 0 Å². The zero-order valence-corrected chi connectivity index (χ0v) is 5.02. The zero-order chi connectivity index (χ0) is 4.28. The lowest BCUT2D eigenvalue weighted by atomic mass is 11.9. The summed E-state index contributed by atoms with van der Waals surface area (Å²) in [4.78, 5) is 8.37. The van der Waals surface area contributed by atoms with E-state index < -0.39 is 9.04 Å². The van der Waals surface area contributed by atoms with Gasteiger partial charge in [0, 0.05) is 5.50 Å². The van der Waals surface area contributed by atoms with E-state index in [0.29, 0.717) is 5.50 Å². The second-order valence-electron chi connectivity index (χ2n) is 1.00. The fourth-order valence-electron chi connectivity index (χ4n) is 0. The quantitative estimate of drug-likeness (QED) is 0.375. The first-order valence-electron chi connectivity index (χ1n) is 1.51. The normalized spacial score (nSPS) is 15.0. The van der Waals surface area contributed by atoms with Gasteiger partial charge in [-0.2, -0.15) is 0 Å². The van der Waals surface area contributed by atoms with Crippen LogP contribution < -0.4 is 0 Å². The molecule has 0 aromatic rings. The molecule has 0 amide bonds. The minimum Gasteiger partial charge on any atom is -0.434 e. The predicted molar refractivity (Wildman–Crippen MR) is 26.0 cm³/mol. The number of hydrogen-bond acceptors (Lipinski definition) is 1. The van der Waals surface area contributed by atoms with Crippen LogP contribution in [0.5, 0.6) is 0 Å². The van der Waals surface area contributed by atoms with Gasteiger partial charge in [-0.05, 0) is 6.55 Å². The Morgan fingerprint density at radius 2 is 2.20 bits per heavy atom. The highest BCUT2D eigenvalue weighted by molar-refractivity contribution is 6.59. The molecule has 0 bridgehead atoms. The molecule has 32 valence electrons. The molecule has 0 heterocycles. The molecular weight excluding hydrogens is 104 g/mol. The lowest BCUT2D eigenvalue weighted by Crippen LogP contribution is -2.06. The zero-order valence-electron chi connectivity index (χ0n) is 3.11. The van der Waals surface area contributed by atoms with Crippen molar-refractivity contribution in [1.29, 1.82) is 0 Å². The highest BCUT2D eigenvalue weighted by Crippen LogP contribution is 1.75. The maximum Gasteiger partial charge on any atom is 0.184 e. The summed E-state index contributed by atoms with van der Waals surface area (Å²) in [5.41, 5.74) is 0.472. The van der Waals surface area contributed by atoms with Gasteiger partial charge in [-0.1, -0.05) is 0 Å². The SMILES string of the molecule is C[SiH](O)CCl. The van der Waals surface area contributed by atoms with Gasteiger partial charge in [0.05, 0.1) is 0 Å². The molecule has 0 aliphatic rings. The Bertz CT molecular complexity index is 23.6. The van der Waals surface area contributed by atoms with Crippen LogP contribution in [0.2, 0.25) is 6.55 Å². The lowest BCUT2D eigenvalue weighted by Gasteiger charge is -1.85. The lowest BCUT2D eigenvalue weighted by molar-refractivity contribution is 0.585. The first-order chi connectivity index (χ1) is 2.27. The van der Waals surface area contributed by atoms with Crippen molar-refractivity contribution in [3.05, 3.63) is 0 Å². The van der Waals surface area contributed by atoms with Crippen LogP contribution in [0, 0.1) is 0 Å². The maximum atomic E-state index is 8.37. The summed E-state index contributed by atoms with van der Waals surface area (Å²) in [6.45, 7) is 1.78. The van der Waals surface area contributed by atoms with E-state index in [-0.39, 0.29) is 0 Å². The third-order valence-corrected chi connectivity index (χ3v) is 2.01. The van der Waals surface area contributed by atoms with Crippen LogP contribution in [0.3, 0.4) is 0 Å². The molecule has 5 heavy (non-hydrogen) atoms. The average Bonchev–Trinajstić information content (AvgIpc) is 1.38. The molecule has 3 heteroatoms. The summed E-state index contributed by atoms with van der Waals surface area (Å²) >= 11 is 5.15. The first kappa shape index (κ1) is 5.47. The molecule has 0 aliphatic heterocycles. The number of alkyl halides is 1. The summed E-state index contributed by atoms with van der Waals surface area (Å²) in [5, 5.41) is 0. The van der Waals surface area contributed by atoms with Gasteiger partial charge in [0.2, 0.25) is 0 Å². The molecule has 0 aromatic carbocycles. The van der Waals surface area contributed by atoms with Crippen molar-refractivity contribution in [3.63, 3.8) is 0 Å². The van der Waals surface area contributed by atoms with E-state index >= 15 is 0 Å². The van der Waals surface area contributed by atoms with Crippen molar-refractivity contribution in [2.24, 2.45) is 0 Å². The fourth-order valence-corrected chi connectivity index (χ4v) is 0. The van der Waals surface area contributed by atoms with E-state index in [1.54, 1.807) is 6.55 Å². The van der Waals surface area contributed by atoms with Gasteiger partial charge in [0.25, 0.3) is 0 Å². The van der Waals surface area contributed by atoms with Gasteiger partial charge < -0.3 is 4.80 Å². The Morgan fingerprint density at radius 1 is 2.00 bits per heavy atom. The van der Waals surface area contributed by atoms with E-state index in [9.17, 15) is 0 Å². The van der Waals surface area contributed by atoms with Gasteiger partial charge in [0.1, 0.15) is 0 Å². The Morgan fingerprint density at radius 3 is 2.20 bits per heavy atom. The van der Waals surface area contributed by atoms with Crippen molar-refractivity contribution >= 4 is 20.6 Å². The van der Waals surface area contributed by atoms with Crippen molar-refractivity contribution in [2.75, 3.05) is 5.50 Å². The minimum atomic E-state index is -1.38. The van der Waals surface area contributed by atoms with Crippen LogP contribution in [0.15, 0.2) is 0 Å². The summed E-state index contributed by atoms with van der Waals surface area (Å²) in [7, 11) is -1.38. The molecule has 1 N–H and O–H groups in total. The van der Waals surface area contributed by atoms with Crippen molar-refractivity contribution in [2.45, 2.75) is 6.55 Å². The largest absolute Gasteiger partial charge is 0.434 e. The van der Waals surface area contributed by atoms with Crippen molar-refractivity contribution < 1.29 is 4.80 Å². The monoisotopic (exact) mass is 110 g/mol. The van der Waals surface area contributed by atoms with E-state index in [1.807, 2.05) is 0 Å². The van der Waals surface area contributed by atoms with E-state index in [0.717, 1.165) is 0 Å². The summed E-state index contributed by atoms with van der Waals surface area (Å²) in [6.07, 6.45) is 0. The molecule has 0 rings (SSSR count). The molecule has 0 aromatic heterocycles. The van der Waals surface area contributed by atoms with Crippen LogP contribution in [0.25, 0.3) is 0 Å². The Balaban J connectivity index is 2.54. The van der Waals surface area contributed by atoms with Crippen molar-refractivity contribution in [1.82, 2.24) is 0 Å². The van der Waals surface area contributed by atoms with Gasteiger partial charge in [0.15, 0.2) is 9.04 Å². The standard InChI is InChI=1S/C2H7ClOSi/c1-5(4)2-3/h4-5H,2H2,1H3. The first-order valence-corrected chi connectivity index (χ1v) is 4.53. The number of rotatable bonds is 1. The van der Waals surface area contributed by atoms with Crippen LogP contribution in [0.4, 0.5) is 0 Å². The van der Waals surface area contributed by atoms with Crippen molar-refractivity contribution in [3.8, 4) is 0 Å². The van der Waals surface area contributed by atoms with Gasteiger partial charge in [-0.25, -0.2) is 0 Å². The van der Waals surface area contributed by atoms with E-state index in [1.165, 1.54) is 0 Å². The van der Waals surface area contributed by atoms with E-state index in [4.69, 9.17) is 16.4 Å². The van der Waals surface area contributed by atoms with Crippen LogP contribution in [-0.4, -0.2) is 19.3 Å². The number of halogens is 1. The molecule has 0 fully saturated rings. The van der Waals surface area contributed by atoms with E-state index in [2.05, 4.69) is 0 Å². The number of hydrogen-bond donors (Lipinski definition) is 1. The predicted octanol–water partition coefficient (Wildman–Crippen LogP) is 0.110. The molecule has 0 saturated heterocycles. The highest BCUT2D eigenvalue weighted by atomic mass is 35.5. The molecule has 1 unspecified atom stereocenters. The van der Waals surface area contributed by atoms with Gasteiger partial charge in [-0.15, -0.1) is 11.6 Å². The summed E-state index contributed by atoms with van der Waals surface area (Å²) in [5.74, 6) is 0. The molecule has 0 spiro atoms. The molecule has 1 atom stereocenters. The Hall–Kier alpha value is 0.467.